The van der Waals surface area contributed by atoms with E-state index in [4.69, 9.17) is 4.74 Å². The molecule has 6 nitrogen and oxygen atoms in total. The lowest BCUT2D eigenvalue weighted by Crippen LogP contribution is -2.45. The number of hydrogen-bond donors (Lipinski definition) is 1. The van der Waals surface area contributed by atoms with E-state index in [0.29, 0.717) is 29.1 Å². The van der Waals surface area contributed by atoms with Gasteiger partial charge in [0.25, 0.3) is 5.56 Å². The van der Waals surface area contributed by atoms with Gasteiger partial charge in [-0.15, -0.1) is 11.3 Å². The first-order valence-electron chi connectivity index (χ1n) is 9.03. The Morgan fingerprint density at radius 2 is 1.89 bits per heavy atom. The standard InChI is InChI=1S/C21H24N2O4S/c1-12-6-8-14(9-7-12)16-13(2)28-18-17(16)19(24)23(21(3,4)20(25)26)15(22-18)10-11-27-5/h6-9H,10-11H2,1-5H3,(H,25,26). The molecular formula is C21H24N2O4S. The van der Waals surface area contributed by atoms with E-state index in [-0.39, 0.29) is 5.56 Å². The Balaban J connectivity index is 2.38. The van der Waals surface area contributed by atoms with E-state index < -0.39 is 11.5 Å². The molecule has 3 rings (SSSR count). The second kappa shape index (κ2) is 7.48. The number of aromatic nitrogens is 2. The minimum atomic E-state index is -1.43. The van der Waals surface area contributed by atoms with E-state index in [9.17, 15) is 14.7 Å². The second-order valence-corrected chi connectivity index (χ2v) is 8.56. The van der Waals surface area contributed by atoms with Gasteiger partial charge < -0.3 is 9.84 Å². The lowest BCUT2D eigenvalue weighted by atomic mass is 10.0. The normalized spacial score (nSPS) is 11.9. The SMILES string of the molecule is COCCc1nc2sc(C)c(-c3ccc(C)cc3)c2c(=O)n1C(C)(C)C(=O)O. The van der Waals surface area contributed by atoms with E-state index >= 15 is 0 Å². The van der Waals surface area contributed by atoms with Crippen molar-refractivity contribution in [2.75, 3.05) is 13.7 Å². The molecule has 0 aliphatic rings. The lowest BCUT2D eigenvalue weighted by molar-refractivity contribution is -0.146. The molecule has 0 aliphatic heterocycles. The second-order valence-electron chi connectivity index (χ2n) is 7.35. The number of fused-ring (bicyclic) bond motifs is 1. The van der Waals surface area contributed by atoms with Gasteiger partial charge in [-0.3, -0.25) is 9.36 Å². The first-order valence-corrected chi connectivity index (χ1v) is 9.85. The molecule has 28 heavy (non-hydrogen) atoms. The molecule has 0 saturated heterocycles. The van der Waals surface area contributed by atoms with Crippen LogP contribution in [0, 0.1) is 13.8 Å². The molecule has 148 valence electrons. The summed E-state index contributed by atoms with van der Waals surface area (Å²) in [6, 6.07) is 7.96. The van der Waals surface area contributed by atoms with E-state index in [2.05, 4.69) is 4.98 Å². The third kappa shape index (κ3) is 3.36. The topological polar surface area (TPSA) is 81.4 Å². The van der Waals surface area contributed by atoms with Gasteiger partial charge in [0.05, 0.1) is 12.0 Å². The number of rotatable bonds is 6. The molecule has 2 heterocycles. The highest BCUT2D eigenvalue weighted by atomic mass is 32.1. The highest BCUT2D eigenvalue weighted by molar-refractivity contribution is 7.19. The number of aryl methyl sites for hydroxylation is 2. The van der Waals surface area contributed by atoms with Crippen LogP contribution in [0.3, 0.4) is 0 Å². The summed E-state index contributed by atoms with van der Waals surface area (Å²) in [5.41, 5.74) is 1.12. The monoisotopic (exact) mass is 400 g/mol. The predicted molar refractivity (Wildman–Crippen MR) is 111 cm³/mol. The molecule has 1 N–H and O–H groups in total. The average Bonchev–Trinajstić information content (AvgIpc) is 2.96. The van der Waals surface area contributed by atoms with Crippen molar-refractivity contribution in [3.63, 3.8) is 0 Å². The van der Waals surface area contributed by atoms with Crippen molar-refractivity contribution >= 4 is 27.5 Å². The van der Waals surface area contributed by atoms with Crippen LogP contribution >= 0.6 is 11.3 Å². The summed E-state index contributed by atoms with van der Waals surface area (Å²) in [5.74, 6) is -0.665. The molecular weight excluding hydrogens is 376 g/mol. The van der Waals surface area contributed by atoms with Gasteiger partial charge in [0.2, 0.25) is 0 Å². The van der Waals surface area contributed by atoms with Crippen LogP contribution in [0.25, 0.3) is 21.3 Å². The largest absolute Gasteiger partial charge is 0.480 e. The summed E-state index contributed by atoms with van der Waals surface area (Å²) >= 11 is 1.45. The summed E-state index contributed by atoms with van der Waals surface area (Å²) in [6.45, 7) is 7.36. The lowest BCUT2D eigenvalue weighted by Gasteiger charge is -2.25. The predicted octanol–water partition coefficient (Wildman–Crippen LogP) is 3.75. The van der Waals surface area contributed by atoms with Crippen molar-refractivity contribution in [2.24, 2.45) is 0 Å². The maximum absolute atomic E-state index is 13.6. The van der Waals surface area contributed by atoms with Crippen LogP contribution in [0.15, 0.2) is 29.1 Å². The smallest absolute Gasteiger partial charge is 0.329 e. The number of carbonyl (C=O) groups is 1. The molecule has 0 bridgehead atoms. The fraction of sp³-hybridized carbons (Fsp3) is 0.381. The number of nitrogens with zero attached hydrogens (tertiary/aromatic N) is 2. The van der Waals surface area contributed by atoms with Crippen molar-refractivity contribution in [1.82, 2.24) is 9.55 Å². The van der Waals surface area contributed by atoms with Gasteiger partial charge in [-0.25, -0.2) is 9.78 Å². The number of methoxy groups -OCH3 is 1. The van der Waals surface area contributed by atoms with Crippen LogP contribution in [-0.4, -0.2) is 34.3 Å². The zero-order valence-corrected chi connectivity index (χ0v) is 17.5. The molecule has 1 aromatic carbocycles. The molecule has 0 fully saturated rings. The Kier molecular flexibility index (Phi) is 5.41. The Labute approximate surface area is 167 Å². The van der Waals surface area contributed by atoms with Crippen molar-refractivity contribution in [1.29, 1.82) is 0 Å². The van der Waals surface area contributed by atoms with Crippen molar-refractivity contribution in [3.05, 3.63) is 50.9 Å². The molecule has 2 aromatic heterocycles. The summed E-state index contributed by atoms with van der Waals surface area (Å²) in [5, 5.41) is 10.2. The van der Waals surface area contributed by atoms with Crippen LogP contribution < -0.4 is 5.56 Å². The summed E-state index contributed by atoms with van der Waals surface area (Å²) in [4.78, 5) is 31.8. The Morgan fingerprint density at radius 1 is 1.25 bits per heavy atom. The maximum atomic E-state index is 13.6. The number of ether oxygens (including phenoxy) is 1. The van der Waals surface area contributed by atoms with Crippen molar-refractivity contribution < 1.29 is 14.6 Å². The van der Waals surface area contributed by atoms with Gasteiger partial charge >= 0.3 is 5.97 Å². The summed E-state index contributed by atoms with van der Waals surface area (Å²) < 4.78 is 6.44. The Hall–Kier alpha value is -2.51. The van der Waals surface area contributed by atoms with E-state index in [1.54, 1.807) is 7.11 Å². The zero-order chi connectivity index (χ0) is 20.6. The molecule has 0 saturated carbocycles. The van der Waals surface area contributed by atoms with Crippen LogP contribution in [0.2, 0.25) is 0 Å². The van der Waals surface area contributed by atoms with Crippen LogP contribution in [-0.2, 0) is 21.5 Å². The summed E-state index contributed by atoms with van der Waals surface area (Å²) in [7, 11) is 1.56. The third-order valence-electron chi connectivity index (χ3n) is 4.92. The van der Waals surface area contributed by atoms with Gasteiger partial charge in [-0.05, 0) is 33.3 Å². The number of aliphatic carboxylic acids is 1. The van der Waals surface area contributed by atoms with Crippen molar-refractivity contribution in [3.8, 4) is 11.1 Å². The van der Waals surface area contributed by atoms with Gasteiger partial charge in [0.15, 0.2) is 0 Å². The summed E-state index contributed by atoms with van der Waals surface area (Å²) in [6.07, 6.45) is 0.356. The molecule has 3 aromatic rings. The fourth-order valence-electron chi connectivity index (χ4n) is 3.30. The zero-order valence-electron chi connectivity index (χ0n) is 16.7. The Morgan fingerprint density at radius 3 is 2.46 bits per heavy atom. The number of hydrogen-bond acceptors (Lipinski definition) is 5. The molecule has 0 amide bonds. The first kappa shape index (κ1) is 20.2. The van der Waals surface area contributed by atoms with Crippen LogP contribution in [0.1, 0.15) is 30.1 Å². The maximum Gasteiger partial charge on any atom is 0.329 e. The Bertz CT molecular complexity index is 1090. The van der Waals surface area contributed by atoms with Crippen molar-refractivity contribution in [2.45, 2.75) is 39.7 Å². The van der Waals surface area contributed by atoms with Gasteiger partial charge in [0.1, 0.15) is 16.2 Å². The van der Waals surface area contributed by atoms with E-state index in [1.807, 2.05) is 38.1 Å². The molecule has 0 radical (unpaired) electrons. The van der Waals surface area contributed by atoms with Gasteiger partial charge in [-0.2, -0.15) is 0 Å². The highest BCUT2D eigenvalue weighted by Crippen LogP contribution is 2.36. The number of benzene rings is 1. The van der Waals surface area contributed by atoms with Crippen LogP contribution in [0.4, 0.5) is 0 Å². The number of carboxylic acids is 1. The molecule has 0 atom stereocenters. The molecule has 0 unspecified atom stereocenters. The third-order valence-corrected chi connectivity index (χ3v) is 5.92. The van der Waals surface area contributed by atoms with Crippen LogP contribution in [0.5, 0.6) is 0 Å². The fourth-order valence-corrected chi connectivity index (χ4v) is 4.36. The number of thiophene rings is 1. The van der Waals surface area contributed by atoms with Gasteiger partial charge in [-0.1, -0.05) is 29.8 Å². The molecule has 7 heteroatoms. The minimum Gasteiger partial charge on any atom is -0.480 e. The molecule has 0 spiro atoms. The minimum absolute atomic E-state index is 0.330. The van der Waals surface area contributed by atoms with E-state index in [1.165, 1.54) is 29.8 Å². The molecule has 0 aliphatic carbocycles. The quantitative estimate of drug-likeness (QED) is 0.681. The van der Waals surface area contributed by atoms with Gasteiger partial charge in [0, 0.05) is 24.0 Å². The van der Waals surface area contributed by atoms with E-state index in [0.717, 1.165) is 21.6 Å². The average molecular weight is 401 g/mol. The first-order chi connectivity index (χ1) is 13.2. The highest BCUT2D eigenvalue weighted by Gasteiger charge is 2.34. The number of carboxylic acid groups (broad SMARTS) is 1.